The van der Waals surface area contributed by atoms with Crippen molar-refractivity contribution < 1.29 is 4.74 Å². The largest absolute Gasteiger partial charge is 0.497 e. The molecule has 0 fully saturated rings. The molecule has 64 valence electrons. The number of ether oxygens (including phenoxy) is 1. The summed E-state index contributed by atoms with van der Waals surface area (Å²) in [6, 6.07) is 8.04. The van der Waals surface area contributed by atoms with Crippen LogP contribution in [0.15, 0.2) is 24.3 Å². The van der Waals surface area contributed by atoms with Crippen LogP contribution in [0.2, 0.25) is 0 Å². The minimum atomic E-state index is 0. The van der Waals surface area contributed by atoms with Crippen molar-refractivity contribution in [1.29, 1.82) is 0 Å². The van der Waals surface area contributed by atoms with Crippen LogP contribution in [0, 0.1) is 0 Å². The SMILES string of the molecule is COc1ccc(C(C)Br)cc1.[MgH2]. The second kappa shape index (κ2) is 5.83. The molecule has 0 amide bonds. The lowest BCUT2D eigenvalue weighted by Gasteiger charge is -2.04. The topological polar surface area (TPSA) is 9.23 Å². The Hall–Kier alpha value is 0.266. The van der Waals surface area contributed by atoms with E-state index in [1.54, 1.807) is 7.11 Å². The van der Waals surface area contributed by atoms with Crippen molar-refractivity contribution in [3.05, 3.63) is 29.8 Å². The molecule has 1 aromatic rings. The smallest absolute Gasteiger partial charge is 0.316 e. The molecular weight excluding hydrogens is 228 g/mol. The molecule has 0 spiro atoms. The van der Waals surface area contributed by atoms with Crippen molar-refractivity contribution in [2.24, 2.45) is 0 Å². The molecule has 12 heavy (non-hydrogen) atoms. The van der Waals surface area contributed by atoms with Crippen LogP contribution in [0.1, 0.15) is 17.3 Å². The van der Waals surface area contributed by atoms with Crippen LogP contribution in [0.25, 0.3) is 0 Å². The van der Waals surface area contributed by atoms with Gasteiger partial charge in [-0.15, -0.1) is 0 Å². The van der Waals surface area contributed by atoms with Gasteiger partial charge in [0.15, 0.2) is 0 Å². The van der Waals surface area contributed by atoms with E-state index in [1.807, 2.05) is 12.1 Å². The molecule has 0 aromatic heterocycles. The second-order valence-corrected chi connectivity index (χ2v) is 3.76. The maximum atomic E-state index is 5.03. The third kappa shape index (κ3) is 3.33. The lowest BCUT2D eigenvalue weighted by Crippen LogP contribution is -1.85. The van der Waals surface area contributed by atoms with Gasteiger partial charge in [0.2, 0.25) is 0 Å². The predicted molar refractivity (Wildman–Crippen MR) is 58.9 cm³/mol. The van der Waals surface area contributed by atoms with Gasteiger partial charge in [-0.25, -0.2) is 0 Å². The maximum absolute atomic E-state index is 5.03. The Kier molecular flexibility index (Phi) is 5.96. The Bertz CT molecular complexity index is 220. The normalized spacial score (nSPS) is 11.6. The standard InChI is InChI=1S/C9H11BrO.Mg.2H/c1-7(10)8-3-5-9(11-2)6-4-8;;;/h3-7H,1-2H3;;;. The summed E-state index contributed by atoms with van der Waals surface area (Å²) in [4.78, 5) is 0.411. The Labute approximate surface area is 97.8 Å². The fourth-order valence-corrected chi connectivity index (χ4v) is 1.17. The van der Waals surface area contributed by atoms with Gasteiger partial charge in [-0.2, -0.15) is 0 Å². The number of alkyl halides is 1. The summed E-state index contributed by atoms with van der Waals surface area (Å²) in [5.41, 5.74) is 1.27. The highest BCUT2D eigenvalue weighted by molar-refractivity contribution is 9.09. The molecule has 0 heterocycles. The van der Waals surface area contributed by atoms with Crippen LogP contribution in [-0.2, 0) is 0 Å². The lowest BCUT2D eigenvalue weighted by molar-refractivity contribution is 0.414. The molecule has 1 atom stereocenters. The van der Waals surface area contributed by atoms with Crippen molar-refractivity contribution in [1.82, 2.24) is 0 Å². The molecule has 1 nitrogen and oxygen atoms in total. The van der Waals surface area contributed by atoms with Crippen molar-refractivity contribution in [3.8, 4) is 5.75 Å². The van der Waals surface area contributed by atoms with Gasteiger partial charge >= 0.3 is 23.1 Å². The first-order chi connectivity index (χ1) is 5.24. The Morgan fingerprint density at radius 3 is 2.08 bits per heavy atom. The van der Waals surface area contributed by atoms with E-state index in [-0.39, 0.29) is 23.1 Å². The van der Waals surface area contributed by atoms with E-state index < -0.39 is 0 Å². The average Bonchev–Trinajstić information content (AvgIpc) is 2.05. The first-order valence-electron chi connectivity index (χ1n) is 3.52. The van der Waals surface area contributed by atoms with Gasteiger partial charge in [0.25, 0.3) is 0 Å². The van der Waals surface area contributed by atoms with Crippen LogP contribution in [0.4, 0.5) is 0 Å². The molecule has 0 bridgehead atoms. The highest BCUT2D eigenvalue weighted by Crippen LogP contribution is 2.23. The Balaban J connectivity index is 0.00000121. The summed E-state index contributed by atoms with van der Waals surface area (Å²) in [5, 5.41) is 0. The third-order valence-electron chi connectivity index (χ3n) is 1.58. The van der Waals surface area contributed by atoms with Gasteiger partial charge in [0.1, 0.15) is 5.75 Å². The summed E-state index contributed by atoms with van der Waals surface area (Å²) in [6.45, 7) is 2.10. The number of hydrogen-bond acceptors (Lipinski definition) is 1. The van der Waals surface area contributed by atoms with Gasteiger partial charge in [-0.3, -0.25) is 0 Å². The Morgan fingerprint density at radius 1 is 1.25 bits per heavy atom. The van der Waals surface area contributed by atoms with E-state index >= 15 is 0 Å². The fraction of sp³-hybridized carbons (Fsp3) is 0.333. The maximum Gasteiger partial charge on any atom is 0.316 e. The molecule has 0 saturated heterocycles. The van der Waals surface area contributed by atoms with Gasteiger partial charge in [-0.05, 0) is 24.6 Å². The van der Waals surface area contributed by atoms with Crippen molar-refractivity contribution in [3.63, 3.8) is 0 Å². The highest BCUT2D eigenvalue weighted by Gasteiger charge is 1.98. The van der Waals surface area contributed by atoms with Crippen molar-refractivity contribution >= 4 is 39.0 Å². The van der Waals surface area contributed by atoms with Crippen LogP contribution >= 0.6 is 15.9 Å². The van der Waals surface area contributed by atoms with E-state index in [9.17, 15) is 0 Å². The highest BCUT2D eigenvalue weighted by atomic mass is 79.9. The average molecular weight is 241 g/mol. The molecule has 1 aromatic carbocycles. The van der Waals surface area contributed by atoms with E-state index in [2.05, 4.69) is 35.0 Å². The molecule has 1 unspecified atom stereocenters. The molecule has 1 rings (SSSR count). The van der Waals surface area contributed by atoms with Gasteiger partial charge in [0, 0.05) is 4.83 Å². The summed E-state index contributed by atoms with van der Waals surface area (Å²) in [6.07, 6.45) is 0. The molecule has 3 heteroatoms. The minimum Gasteiger partial charge on any atom is -0.497 e. The minimum absolute atomic E-state index is 0. The first-order valence-corrected chi connectivity index (χ1v) is 4.43. The zero-order chi connectivity index (χ0) is 8.27. The van der Waals surface area contributed by atoms with Crippen molar-refractivity contribution in [2.75, 3.05) is 7.11 Å². The Morgan fingerprint density at radius 2 is 1.75 bits per heavy atom. The van der Waals surface area contributed by atoms with Crippen LogP contribution < -0.4 is 4.74 Å². The fourth-order valence-electron chi connectivity index (χ4n) is 0.869. The number of rotatable bonds is 2. The zero-order valence-corrected chi connectivity index (χ0v) is 8.26. The van der Waals surface area contributed by atoms with Gasteiger partial charge < -0.3 is 4.74 Å². The summed E-state index contributed by atoms with van der Waals surface area (Å²) >= 11 is 3.49. The van der Waals surface area contributed by atoms with E-state index in [0.29, 0.717) is 4.83 Å². The molecule has 0 radical (unpaired) electrons. The number of methoxy groups -OCH3 is 1. The lowest BCUT2D eigenvalue weighted by atomic mass is 10.2. The van der Waals surface area contributed by atoms with E-state index in [0.717, 1.165) is 5.75 Å². The molecule has 0 aliphatic heterocycles. The number of benzene rings is 1. The molecular formula is C9H13BrMgO. The summed E-state index contributed by atoms with van der Waals surface area (Å²) < 4.78 is 5.03. The van der Waals surface area contributed by atoms with Crippen LogP contribution in [0.3, 0.4) is 0 Å². The number of halogens is 1. The van der Waals surface area contributed by atoms with Gasteiger partial charge in [-0.1, -0.05) is 28.1 Å². The summed E-state index contributed by atoms with van der Waals surface area (Å²) in [5.74, 6) is 0.905. The molecule has 0 saturated carbocycles. The molecule has 0 aliphatic rings. The summed E-state index contributed by atoms with van der Waals surface area (Å²) in [7, 11) is 1.67. The molecule has 0 aliphatic carbocycles. The zero-order valence-electron chi connectivity index (χ0n) is 6.67. The number of hydrogen-bond donors (Lipinski definition) is 0. The van der Waals surface area contributed by atoms with Gasteiger partial charge in [0.05, 0.1) is 7.11 Å². The first kappa shape index (κ1) is 12.3. The van der Waals surface area contributed by atoms with Crippen LogP contribution in [-0.4, -0.2) is 30.2 Å². The van der Waals surface area contributed by atoms with E-state index in [1.165, 1.54) is 5.56 Å². The quantitative estimate of drug-likeness (QED) is 0.570. The van der Waals surface area contributed by atoms with Crippen molar-refractivity contribution in [2.45, 2.75) is 11.8 Å². The third-order valence-corrected chi connectivity index (χ3v) is 2.10. The monoisotopic (exact) mass is 240 g/mol. The second-order valence-electron chi connectivity index (χ2n) is 2.39. The van der Waals surface area contributed by atoms with E-state index in [4.69, 9.17) is 4.74 Å². The van der Waals surface area contributed by atoms with Crippen LogP contribution in [0.5, 0.6) is 5.75 Å². The molecule has 0 N–H and O–H groups in total. The predicted octanol–water partition coefficient (Wildman–Crippen LogP) is 2.23.